The number of carbonyl (C=O) groups is 1. The van der Waals surface area contributed by atoms with Gasteiger partial charge < -0.3 is 14.7 Å². The SMILES string of the molecule is CC(=O)N1CCN(C2CCCCC2)C[C@](O)(COc2ccc(C)cc2)C1. The summed E-state index contributed by atoms with van der Waals surface area (Å²) in [5, 5.41) is 11.3. The van der Waals surface area contributed by atoms with Crippen LogP contribution >= 0.6 is 0 Å². The molecule has 1 N–H and O–H groups in total. The minimum absolute atomic E-state index is 0.0178. The molecule has 5 nitrogen and oxygen atoms in total. The lowest BCUT2D eigenvalue weighted by Crippen LogP contribution is -2.53. The summed E-state index contributed by atoms with van der Waals surface area (Å²) in [5.41, 5.74) is 0.126. The van der Waals surface area contributed by atoms with E-state index in [4.69, 9.17) is 4.74 Å². The summed E-state index contributed by atoms with van der Waals surface area (Å²) in [6.45, 7) is 6.22. The lowest BCUT2D eigenvalue weighted by molar-refractivity contribution is -0.132. The number of ether oxygens (including phenoxy) is 1. The van der Waals surface area contributed by atoms with Crippen LogP contribution in [0.15, 0.2) is 24.3 Å². The molecule has 0 radical (unpaired) electrons. The average Bonchev–Trinajstić information content (AvgIpc) is 2.82. The Morgan fingerprint density at radius 2 is 1.85 bits per heavy atom. The number of hydrogen-bond donors (Lipinski definition) is 1. The highest BCUT2D eigenvalue weighted by Crippen LogP contribution is 2.26. The quantitative estimate of drug-likeness (QED) is 0.897. The van der Waals surface area contributed by atoms with Gasteiger partial charge in [-0.2, -0.15) is 0 Å². The summed E-state index contributed by atoms with van der Waals surface area (Å²) in [5.74, 6) is 0.774. The number of carbonyl (C=O) groups excluding carboxylic acids is 1. The van der Waals surface area contributed by atoms with E-state index in [1.165, 1.54) is 37.7 Å². The molecule has 1 aromatic rings. The maximum absolute atomic E-state index is 12.0. The molecule has 1 aromatic carbocycles. The van der Waals surface area contributed by atoms with E-state index in [9.17, 15) is 9.90 Å². The van der Waals surface area contributed by atoms with Crippen LogP contribution in [0.3, 0.4) is 0 Å². The van der Waals surface area contributed by atoms with Crippen LogP contribution in [0, 0.1) is 6.92 Å². The van der Waals surface area contributed by atoms with Gasteiger partial charge in [0.05, 0.1) is 6.54 Å². The molecule has 1 saturated heterocycles. The Balaban J connectivity index is 1.71. The van der Waals surface area contributed by atoms with Crippen molar-refractivity contribution < 1.29 is 14.6 Å². The Hall–Kier alpha value is -1.59. The average molecular weight is 360 g/mol. The first-order valence-electron chi connectivity index (χ1n) is 9.87. The van der Waals surface area contributed by atoms with Crippen LogP contribution < -0.4 is 4.74 Å². The van der Waals surface area contributed by atoms with Gasteiger partial charge in [0.25, 0.3) is 0 Å². The Kier molecular flexibility index (Phi) is 6.20. The number of aryl methyl sites for hydroxylation is 1. The van der Waals surface area contributed by atoms with Crippen molar-refractivity contribution in [3.05, 3.63) is 29.8 Å². The summed E-state index contributed by atoms with van der Waals surface area (Å²) < 4.78 is 5.91. The number of hydrogen-bond acceptors (Lipinski definition) is 4. The Labute approximate surface area is 156 Å². The third-order valence-corrected chi connectivity index (χ3v) is 5.70. The first kappa shape index (κ1) is 19.2. The number of aliphatic hydroxyl groups is 1. The largest absolute Gasteiger partial charge is 0.490 e. The van der Waals surface area contributed by atoms with Crippen LogP contribution in [0.2, 0.25) is 0 Å². The molecule has 1 aliphatic carbocycles. The predicted molar refractivity (Wildman–Crippen MR) is 102 cm³/mol. The molecular weight excluding hydrogens is 328 g/mol. The molecule has 5 heteroatoms. The van der Waals surface area contributed by atoms with Crippen LogP contribution in [0.25, 0.3) is 0 Å². The van der Waals surface area contributed by atoms with Gasteiger partial charge in [-0.05, 0) is 31.9 Å². The zero-order chi connectivity index (χ0) is 18.6. The van der Waals surface area contributed by atoms with Gasteiger partial charge in [-0.3, -0.25) is 9.69 Å². The molecule has 1 heterocycles. The second-order valence-corrected chi connectivity index (χ2v) is 8.03. The number of nitrogens with zero attached hydrogens (tertiary/aromatic N) is 2. The third kappa shape index (κ3) is 4.98. The molecule has 0 bridgehead atoms. The fourth-order valence-corrected chi connectivity index (χ4v) is 4.16. The number of rotatable bonds is 4. The monoisotopic (exact) mass is 360 g/mol. The van der Waals surface area contributed by atoms with Gasteiger partial charge in [-0.25, -0.2) is 0 Å². The topological polar surface area (TPSA) is 53.0 Å². The molecule has 3 rings (SSSR count). The van der Waals surface area contributed by atoms with E-state index in [-0.39, 0.29) is 12.5 Å². The van der Waals surface area contributed by atoms with Gasteiger partial charge in [-0.15, -0.1) is 0 Å². The van der Waals surface area contributed by atoms with Crippen molar-refractivity contribution >= 4 is 5.91 Å². The molecule has 1 aliphatic heterocycles. The molecule has 144 valence electrons. The van der Waals surface area contributed by atoms with Crippen molar-refractivity contribution in [3.8, 4) is 5.75 Å². The van der Waals surface area contributed by atoms with Gasteiger partial charge >= 0.3 is 0 Å². The first-order chi connectivity index (χ1) is 12.5. The van der Waals surface area contributed by atoms with Crippen molar-refractivity contribution in [1.29, 1.82) is 0 Å². The standard InChI is InChI=1S/C21H32N2O3/c1-17-8-10-20(11-9-17)26-16-21(25)14-22(18(2)24)12-13-23(15-21)19-6-4-3-5-7-19/h8-11,19,25H,3-7,12-16H2,1-2H3/t21-/m0/s1. The Morgan fingerprint density at radius 1 is 1.15 bits per heavy atom. The first-order valence-corrected chi connectivity index (χ1v) is 9.87. The summed E-state index contributed by atoms with van der Waals surface area (Å²) >= 11 is 0. The van der Waals surface area contributed by atoms with Crippen LogP contribution in [-0.2, 0) is 4.79 Å². The fraction of sp³-hybridized carbons (Fsp3) is 0.667. The van der Waals surface area contributed by atoms with Crippen molar-refractivity contribution in [2.45, 2.75) is 57.6 Å². The summed E-state index contributed by atoms with van der Waals surface area (Å²) in [4.78, 5) is 16.1. The van der Waals surface area contributed by atoms with Gasteiger partial charge in [0, 0.05) is 32.6 Å². The van der Waals surface area contributed by atoms with Gasteiger partial charge in [0.2, 0.25) is 5.91 Å². The smallest absolute Gasteiger partial charge is 0.219 e. The molecule has 0 unspecified atom stereocenters. The van der Waals surface area contributed by atoms with Crippen LogP contribution in [0.4, 0.5) is 0 Å². The van der Waals surface area contributed by atoms with Crippen molar-refractivity contribution in [2.75, 3.05) is 32.8 Å². The Morgan fingerprint density at radius 3 is 2.50 bits per heavy atom. The molecule has 1 saturated carbocycles. The lowest BCUT2D eigenvalue weighted by atomic mass is 9.93. The molecule has 2 fully saturated rings. The molecule has 1 atom stereocenters. The summed E-state index contributed by atoms with van der Waals surface area (Å²) in [6.07, 6.45) is 6.21. The second-order valence-electron chi connectivity index (χ2n) is 8.03. The van der Waals surface area contributed by atoms with Gasteiger partial charge in [-0.1, -0.05) is 37.0 Å². The maximum Gasteiger partial charge on any atom is 0.219 e. The summed E-state index contributed by atoms with van der Waals surface area (Å²) in [6, 6.07) is 8.38. The Bertz CT molecular complexity index is 598. The molecule has 2 aliphatic rings. The van der Waals surface area contributed by atoms with Gasteiger partial charge in [0.1, 0.15) is 18.0 Å². The van der Waals surface area contributed by atoms with Crippen molar-refractivity contribution in [3.63, 3.8) is 0 Å². The number of amides is 1. The fourth-order valence-electron chi connectivity index (χ4n) is 4.16. The molecule has 0 aromatic heterocycles. The van der Waals surface area contributed by atoms with E-state index in [0.717, 1.165) is 12.3 Å². The normalized spacial score (nSPS) is 25.7. The molecule has 1 amide bonds. The minimum Gasteiger partial charge on any atom is -0.490 e. The second kappa shape index (κ2) is 8.40. The molecular formula is C21H32N2O3. The van der Waals surface area contributed by atoms with Crippen LogP contribution in [0.5, 0.6) is 5.75 Å². The van der Waals surface area contributed by atoms with Crippen LogP contribution in [-0.4, -0.2) is 65.2 Å². The minimum atomic E-state index is -1.05. The van der Waals surface area contributed by atoms with E-state index in [1.807, 2.05) is 31.2 Å². The number of β-amino-alcohol motifs (C(OH)–C–C–N with tert-alkyl or cyclic N) is 1. The van der Waals surface area contributed by atoms with E-state index in [0.29, 0.717) is 25.7 Å². The maximum atomic E-state index is 12.0. The van der Waals surface area contributed by atoms with Crippen LogP contribution in [0.1, 0.15) is 44.6 Å². The van der Waals surface area contributed by atoms with Gasteiger partial charge in [0.15, 0.2) is 0 Å². The van der Waals surface area contributed by atoms with E-state index in [2.05, 4.69) is 4.90 Å². The molecule has 26 heavy (non-hydrogen) atoms. The third-order valence-electron chi connectivity index (χ3n) is 5.70. The molecule has 0 spiro atoms. The van der Waals surface area contributed by atoms with Crippen molar-refractivity contribution in [2.24, 2.45) is 0 Å². The summed E-state index contributed by atoms with van der Waals surface area (Å²) in [7, 11) is 0. The highest BCUT2D eigenvalue weighted by atomic mass is 16.5. The van der Waals surface area contributed by atoms with E-state index in [1.54, 1.807) is 11.8 Å². The van der Waals surface area contributed by atoms with Crippen molar-refractivity contribution in [1.82, 2.24) is 9.80 Å². The van der Waals surface area contributed by atoms with E-state index >= 15 is 0 Å². The van der Waals surface area contributed by atoms with E-state index < -0.39 is 5.60 Å². The lowest BCUT2D eigenvalue weighted by Gasteiger charge is -2.37. The zero-order valence-corrected chi connectivity index (χ0v) is 16.1. The predicted octanol–water partition coefficient (Wildman–Crippen LogP) is 2.60. The zero-order valence-electron chi connectivity index (χ0n) is 16.1. The highest BCUT2D eigenvalue weighted by Gasteiger charge is 2.39. The highest BCUT2D eigenvalue weighted by molar-refractivity contribution is 5.73. The number of benzene rings is 1.